The van der Waals surface area contributed by atoms with E-state index in [0.29, 0.717) is 11.8 Å². The summed E-state index contributed by atoms with van der Waals surface area (Å²) in [6.45, 7) is 9.04. The predicted octanol–water partition coefficient (Wildman–Crippen LogP) is 4.11. The Labute approximate surface area is 166 Å². The van der Waals surface area contributed by atoms with Crippen LogP contribution in [0.4, 0.5) is 0 Å². The maximum Gasteiger partial charge on any atom is 0.241 e. The van der Waals surface area contributed by atoms with Gasteiger partial charge in [0.25, 0.3) is 0 Å². The number of allylic oxidation sites excluding steroid dienone is 1. The lowest BCUT2D eigenvalue weighted by molar-refractivity contribution is -0.161. The van der Waals surface area contributed by atoms with Gasteiger partial charge in [0.05, 0.1) is 5.54 Å². The molecule has 142 valence electrons. The molecule has 1 amide bonds. The molecule has 2 aliphatic carbocycles. The normalized spacial score (nSPS) is 38.4. The Hall–Kier alpha value is -1.32. The van der Waals surface area contributed by atoms with E-state index in [1.54, 1.807) is 5.57 Å². The van der Waals surface area contributed by atoms with Crippen molar-refractivity contribution in [3.05, 3.63) is 39.4 Å². The second-order valence-electron chi connectivity index (χ2n) is 10.2. The van der Waals surface area contributed by atoms with Crippen molar-refractivity contribution >= 4 is 23.1 Å². The molecule has 6 aliphatic rings. The van der Waals surface area contributed by atoms with Gasteiger partial charge in [-0.25, -0.2) is 0 Å². The van der Waals surface area contributed by atoms with Crippen LogP contribution >= 0.6 is 11.6 Å². The molecule has 1 aromatic carbocycles. The number of hydrogen-bond donors (Lipinski definition) is 1. The molecule has 0 aromatic heterocycles. The monoisotopic (exact) mass is 382 g/mol. The van der Waals surface area contributed by atoms with E-state index >= 15 is 0 Å². The average Bonchev–Trinajstić information content (AvgIpc) is 3.17. The molecule has 27 heavy (non-hydrogen) atoms. The Morgan fingerprint density at radius 3 is 2.93 bits per heavy atom. The number of fused-ring (bicyclic) bond motifs is 3. The Morgan fingerprint density at radius 2 is 2.11 bits per heavy atom. The largest absolute Gasteiger partial charge is 0.347 e. The van der Waals surface area contributed by atoms with E-state index in [9.17, 15) is 4.79 Å². The lowest BCUT2D eigenvalue weighted by Crippen LogP contribution is -2.81. The molecular weight excluding hydrogens is 356 g/mol. The zero-order chi connectivity index (χ0) is 18.8. The SMILES string of the molecule is Cc1cc2c(cc1Cl)C1=C(C2)C(C)(C)[C@@H]2C[C@]34CCCN3C[C@@]2(C1)NC4=O. The third kappa shape index (κ3) is 1.81. The number of benzene rings is 1. The first-order valence-electron chi connectivity index (χ1n) is 10.4. The van der Waals surface area contributed by atoms with Crippen molar-refractivity contribution in [2.45, 2.75) is 64.0 Å². The number of nitrogens with zero attached hydrogens (tertiary/aromatic N) is 1. The molecule has 4 aliphatic heterocycles. The van der Waals surface area contributed by atoms with Crippen LogP contribution in [0.15, 0.2) is 17.7 Å². The molecule has 2 bridgehead atoms. The summed E-state index contributed by atoms with van der Waals surface area (Å²) in [5.41, 5.74) is 6.72. The van der Waals surface area contributed by atoms with Crippen molar-refractivity contribution in [1.29, 1.82) is 0 Å². The van der Waals surface area contributed by atoms with Crippen LogP contribution in [-0.2, 0) is 11.2 Å². The molecule has 0 unspecified atom stereocenters. The first-order valence-corrected chi connectivity index (χ1v) is 10.7. The summed E-state index contributed by atoms with van der Waals surface area (Å²) in [7, 11) is 0. The summed E-state index contributed by atoms with van der Waals surface area (Å²) in [4.78, 5) is 15.7. The van der Waals surface area contributed by atoms with Gasteiger partial charge >= 0.3 is 0 Å². The molecule has 4 heteroatoms. The van der Waals surface area contributed by atoms with Crippen LogP contribution in [0, 0.1) is 18.3 Å². The topological polar surface area (TPSA) is 32.3 Å². The van der Waals surface area contributed by atoms with Gasteiger partial charge in [0.2, 0.25) is 5.91 Å². The molecule has 3 nitrogen and oxygen atoms in total. The highest BCUT2D eigenvalue weighted by Crippen LogP contribution is 2.63. The second-order valence-corrected chi connectivity index (χ2v) is 10.6. The number of rotatable bonds is 0. The van der Waals surface area contributed by atoms with Gasteiger partial charge in [-0.3, -0.25) is 9.69 Å². The lowest BCUT2D eigenvalue weighted by Gasteiger charge is -2.66. The van der Waals surface area contributed by atoms with Gasteiger partial charge in [-0.1, -0.05) is 37.1 Å². The Kier molecular flexibility index (Phi) is 2.96. The fraction of sp³-hybridized carbons (Fsp3) is 0.609. The van der Waals surface area contributed by atoms with Crippen LogP contribution in [-0.4, -0.2) is 35.0 Å². The van der Waals surface area contributed by atoms with E-state index in [4.69, 9.17) is 11.6 Å². The molecule has 2 spiro atoms. The number of hydrogen-bond acceptors (Lipinski definition) is 2. The van der Waals surface area contributed by atoms with Gasteiger partial charge in [0, 0.05) is 11.6 Å². The Balaban J connectivity index is 1.53. The highest BCUT2D eigenvalue weighted by Gasteiger charge is 2.68. The van der Waals surface area contributed by atoms with Gasteiger partial charge in [-0.2, -0.15) is 0 Å². The summed E-state index contributed by atoms with van der Waals surface area (Å²) in [5.74, 6) is 0.809. The lowest BCUT2D eigenvalue weighted by atomic mass is 9.50. The van der Waals surface area contributed by atoms with E-state index in [1.807, 2.05) is 0 Å². The van der Waals surface area contributed by atoms with Gasteiger partial charge < -0.3 is 5.32 Å². The molecular formula is C23H27ClN2O. The van der Waals surface area contributed by atoms with Crippen LogP contribution in [0.2, 0.25) is 5.02 Å². The smallest absolute Gasteiger partial charge is 0.241 e. The van der Waals surface area contributed by atoms with Gasteiger partial charge in [0.15, 0.2) is 0 Å². The van der Waals surface area contributed by atoms with E-state index in [-0.39, 0.29) is 16.5 Å². The van der Waals surface area contributed by atoms with Gasteiger partial charge in [-0.15, -0.1) is 0 Å². The van der Waals surface area contributed by atoms with Crippen molar-refractivity contribution in [2.24, 2.45) is 11.3 Å². The van der Waals surface area contributed by atoms with Crippen LogP contribution in [0.3, 0.4) is 0 Å². The number of carbonyl (C=O) groups is 1. The molecule has 0 saturated carbocycles. The number of nitrogens with one attached hydrogen (secondary N) is 1. The van der Waals surface area contributed by atoms with Crippen molar-refractivity contribution in [1.82, 2.24) is 10.2 Å². The zero-order valence-electron chi connectivity index (χ0n) is 16.4. The standard InChI is InChI=1S/C23H27ClN2O/c1-13-7-14-8-17-16(15(14)9-18(13)24)10-22-12-26-6-4-5-23(26,20(27)25-22)11-19(22)21(17,2)3/h7,9,19H,4-6,8,10-12H2,1-3H3,(H,25,27)/t19-,22+,23-/m0/s1. The third-order valence-corrected chi connectivity index (χ3v) is 9.08. The highest BCUT2D eigenvalue weighted by molar-refractivity contribution is 6.31. The van der Waals surface area contributed by atoms with Crippen molar-refractivity contribution < 1.29 is 4.79 Å². The number of piperazine rings is 1. The third-order valence-electron chi connectivity index (χ3n) is 8.67. The van der Waals surface area contributed by atoms with Crippen molar-refractivity contribution in [3.63, 3.8) is 0 Å². The van der Waals surface area contributed by atoms with Crippen LogP contribution in [0.1, 0.15) is 56.2 Å². The van der Waals surface area contributed by atoms with Crippen LogP contribution in [0.5, 0.6) is 0 Å². The molecule has 3 atom stereocenters. The fourth-order valence-corrected chi connectivity index (χ4v) is 7.50. The van der Waals surface area contributed by atoms with Crippen LogP contribution in [0.25, 0.3) is 5.57 Å². The highest BCUT2D eigenvalue weighted by atomic mass is 35.5. The molecule has 4 fully saturated rings. The molecule has 7 rings (SSSR count). The Morgan fingerprint density at radius 1 is 1.30 bits per heavy atom. The molecule has 4 saturated heterocycles. The number of amides is 1. The molecule has 1 aromatic rings. The van der Waals surface area contributed by atoms with E-state index < -0.39 is 0 Å². The maximum atomic E-state index is 13.2. The van der Waals surface area contributed by atoms with E-state index in [2.05, 4.69) is 43.1 Å². The first kappa shape index (κ1) is 16.6. The first-order chi connectivity index (χ1) is 12.8. The fourth-order valence-electron chi connectivity index (χ4n) is 7.34. The van der Waals surface area contributed by atoms with Gasteiger partial charge in [0.1, 0.15) is 5.54 Å². The number of piperidine rings is 2. The summed E-state index contributed by atoms with van der Waals surface area (Å²) < 4.78 is 0. The van der Waals surface area contributed by atoms with Crippen molar-refractivity contribution in [2.75, 3.05) is 13.1 Å². The summed E-state index contributed by atoms with van der Waals surface area (Å²) in [6, 6.07) is 4.45. The minimum absolute atomic E-state index is 0.0996. The van der Waals surface area contributed by atoms with Crippen LogP contribution < -0.4 is 5.32 Å². The quantitative estimate of drug-likeness (QED) is 0.732. The number of halogens is 1. The summed E-state index contributed by atoms with van der Waals surface area (Å²) in [5, 5.41) is 4.43. The minimum atomic E-state index is -0.229. The van der Waals surface area contributed by atoms with Crippen molar-refractivity contribution in [3.8, 4) is 0 Å². The van der Waals surface area contributed by atoms with E-state index in [0.717, 1.165) is 55.8 Å². The van der Waals surface area contributed by atoms with Gasteiger partial charge in [-0.05, 0) is 85.2 Å². The molecule has 1 N–H and O–H groups in total. The summed E-state index contributed by atoms with van der Waals surface area (Å²) in [6.07, 6.45) is 5.22. The average molecular weight is 383 g/mol. The van der Waals surface area contributed by atoms with E-state index in [1.165, 1.54) is 16.7 Å². The number of carbonyl (C=O) groups excluding carboxylic acids is 1. The predicted molar refractivity (Wildman–Crippen MR) is 108 cm³/mol. The Bertz CT molecular complexity index is 948. The maximum absolute atomic E-state index is 13.2. The molecule has 4 heterocycles. The number of aryl methyl sites for hydroxylation is 1. The zero-order valence-corrected chi connectivity index (χ0v) is 17.2. The second kappa shape index (κ2) is 4.80. The molecule has 0 radical (unpaired) electrons. The summed E-state index contributed by atoms with van der Waals surface area (Å²) >= 11 is 6.50. The minimum Gasteiger partial charge on any atom is -0.347 e.